The largest absolute Gasteiger partial charge is 0.480 e. The highest BCUT2D eigenvalue weighted by Crippen LogP contribution is 2.36. The summed E-state index contributed by atoms with van der Waals surface area (Å²) in [6, 6.07) is 16.3. The van der Waals surface area contributed by atoms with E-state index in [1.54, 1.807) is 6.20 Å². The lowest BCUT2D eigenvalue weighted by Crippen LogP contribution is -2.39. The lowest BCUT2D eigenvalue weighted by molar-refractivity contribution is -0.142. The summed E-state index contributed by atoms with van der Waals surface area (Å²) in [6.45, 7) is 2.87. The Kier molecular flexibility index (Phi) is 4.43. The van der Waals surface area contributed by atoms with Gasteiger partial charge in [0.25, 0.3) is 0 Å². The lowest BCUT2D eigenvalue weighted by Gasteiger charge is -2.32. The zero-order valence-corrected chi connectivity index (χ0v) is 14.8. The predicted octanol–water partition coefficient (Wildman–Crippen LogP) is 4.18. The average Bonchev–Trinajstić information content (AvgIpc) is 3.11. The number of aryl methyl sites for hydroxylation is 1. The number of carbonyl (C=O) groups is 1. The number of hydrogen-bond donors (Lipinski definition) is 1. The highest BCUT2D eigenvalue weighted by molar-refractivity contribution is 5.82. The molecule has 1 N–H and O–H groups in total. The lowest BCUT2D eigenvalue weighted by atomic mass is 9.93. The fourth-order valence-corrected chi connectivity index (χ4v) is 4.05. The number of hydrogen-bond acceptors (Lipinski definition) is 3. The number of likely N-dealkylation sites (tertiary alicyclic amines) is 1. The van der Waals surface area contributed by atoms with Crippen LogP contribution in [-0.4, -0.2) is 33.5 Å². The summed E-state index contributed by atoms with van der Waals surface area (Å²) in [5.41, 5.74) is 3.46. The molecule has 1 aromatic heterocycles. The maximum Gasteiger partial charge on any atom is 0.320 e. The molecule has 2 aromatic carbocycles. The van der Waals surface area contributed by atoms with Crippen LogP contribution < -0.4 is 0 Å². The molecule has 0 spiro atoms. The number of pyridine rings is 1. The van der Waals surface area contributed by atoms with Gasteiger partial charge in [0.2, 0.25) is 0 Å². The van der Waals surface area contributed by atoms with E-state index in [-0.39, 0.29) is 6.04 Å². The molecule has 3 aromatic rings. The molecule has 0 saturated carbocycles. The first-order chi connectivity index (χ1) is 12.6. The minimum atomic E-state index is -0.731. The molecule has 0 radical (unpaired) electrons. The Labute approximate surface area is 153 Å². The Bertz CT molecular complexity index is 954. The summed E-state index contributed by atoms with van der Waals surface area (Å²) in [6.07, 6.45) is 5.27. The number of carboxylic acid groups (broad SMARTS) is 1. The minimum Gasteiger partial charge on any atom is -0.480 e. The zero-order valence-electron chi connectivity index (χ0n) is 14.8. The Morgan fingerprint density at radius 1 is 1.15 bits per heavy atom. The second kappa shape index (κ2) is 6.89. The second-order valence-electron chi connectivity index (χ2n) is 7.03. The normalized spacial score (nSPS) is 18.9. The molecule has 2 unspecified atom stereocenters. The van der Waals surface area contributed by atoms with Crippen molar-refractivity contribution in [2.75, 3.05) is 6.54 Å². The molecule has 1 fully saturated rings. The van der Waals surface area contributed by atoms with Crippen LogP contribution >= 0.6 is 0 Å². The molecule has 0 bridgehead atoms. The Balaban J connectivity index is 1.85. The number of rotatable bonds is 4. The van der Waals surface area contributed by atoms with Crippen LogP contribution in [0.2, 0.25) is 0 Å². The number of aromatic nitrogens is 1. The van der Waals surface area contributed by atoms with Crippen molar-refractivity contribution in [2.45, 2.75) is 31.8 Å². The number of fused-ring (bicyclic) bond motifs is 1. The number of nitrogens with zero attached hydrogens (tertiary/aromatic N) is 2. The number of aliphatic carboxylic acids is 1. The molecule has 26 heavy (non-hydrogen) atoms. The molecule has 0 aliphatic carbocycles. The third-order valence-corrected chi connectivity index (χ3v) is 5.25. The van der Waals surface area contributed by atoms with E-state index in [0.29, 0.717) is 6.42 Å². The molecule has 0 amide bonds. The summed E-state index contributed by atoms with van der Waals surface area (Å²) < 4.78 is 0. The van der Waals surface area contributed by atoms with E-state index in [0.717, 1.165) is 34.9 Å². The van der Waals surface area contributed by atoms with Gasteiger partial charge in [0, 0.05) is 24.3 Å². The van der Waals surface area contributed by atoms with Gasteiger partial charge < -0.3 is 5.11 Å². The van der Waals surface area contributed by atoms with Crippen LogP contribution in [-0.2, 0) is 4.79 Å². The second-order valence-corrected chi connectivity index (χ2v) is 7.03. The Morgan fingerprint density at radius 2 is 2.00 bits per heavy atom. The van der Waals surface area contributed by atoms with Crippen molar-refractivity contribution in [1.29, 1.82) is 0 Å². The molecule has 4 heteroatoms. The van der Waals surface area contributed by atoms with Gasteiger partial charge in [0.1, 0.15) is 6.04 Å². The average molecular weight is 346 g/mol. The summed E-state index contributed by atoms with van der Waals surface area (Å²) in [5.74, 6) is -0.731. The third kappa shape index (κ3) is 3.08. The Morgan fingerprint density at radius 3 is 2.81 bits per heavy atom. The molecule has 1 aliphatic heterocycles. The SMILES string of the molecule is Cc1cccc(C(c2ccc3cnccc3c2)N2CCCC2C(=O)O)c1. The summed E-state index contributed by atoms with van der Waals surface area (Å²) in [7, 11) is 0. The van der Waals surface area contributed by atoms with Gasteiger partial charge >= 0.3 is 5.97 Å². The van der Waals surface area contributed by atoms with E-state index in [9.17, 15) is 9.90 Å². The molecule has 1 aliphatic rings. The summed E-state index contributed by atoms with van der Waals surface area (Å²) in [5, 5.41) is 11.9. The monoisotopic (exact) mass is 346 g/mol. The quantitative estimate of drug-likeness (QED) is 0.770. The van der Waals surface area contributed by atoms with E-state index in [1.165, 1.54) is 5.56 Å². The van der Waals surface area contributed by atoms with Gasteiger partial charge in [-0.25, -0.2) is 0 Å². The molecule has 4 rings (SSSR count). The first-order valence-corrected chi connectivity index (χ1v) is 9.02. The van der Waals surface area contributed by atoms with Gasteiger partial charge in [0.05, 0.1) is 6.04 Å². The first-order valence-electron chi connectivity index (χ1n) is 9.02. The van der Waals surface area contributed by atoms with Crippen LogP contribution in [0.3, 0.4) is 0 Å². The van der Waals surface area contributed by atoms with Gasteiger partial charge in [-0.2, -0.15) is 0 Å². The van der Waals surface area contributed by atoms with Crippen molar-refractivity contribution in [1.82, 2.24) is 9.88 Å². The highest BCUT2D eigenvalue weighted by Gasteiger charge is 2.36. The standard InChI is InChI=1S/C22H22N2O2/c1-15-4-2-5-17(12-15)21(24-11-3-6-20(24)22(25)26)18-7-8-19-14-23-10-9-16(19)13-18/h2,4-5,7-10,12-14,20-21H,3,6,11H2,1H3,(H,25,26). The number of carboxylic acids is 1. The van der Waals surface area contributed by atoms with E-state index in [1.807, 2.05) is 12.3 Å². The summed E-state index contributed by atoms with van der Waals surface area (Å²) in [4.78, 5) is 18.1. The molecule has 4 nitrogen and oxygen atoms in total. The van der Waals surface area contributed by atoms with Gasteiger partial charge in [-0.15, -0.1) is 0 Å². The van der Waals surface area contributed by atoms with Gasteiger partial charge in [-0.3, -0.25) is 14.7 Å². The topological polar surface area (TPSA) is 53.4 Å². The molecule has 1 saturated heterocycles. The van der Waals surface area contributed by atoms with Gasteiger partial charge in [-0.1, -0.05) is 42.0 Å². The Hall–Kier alpha value is -2.72. The number of benzene rings is 2. The smallest absolute Gasteiger partial charge is 0.320 e. The van der Waals surface area contributed by atoms with Crippen LogP contribution in [0.4, 0.5) is 0 Å². The molecular weight excluding hydrogens is 324 g/mol. The van der Waals surface area contributed by atoms with E-state index in [4.69, 9.17) is 0 Å². The van der Waals surface area contributed by atoms with Crippen LogP contribution in [0, 0.1) is 6.92 Å². The molecule has 132 valence electrons. The van der Waals surface area contributed by atoms with Crippen molar-refractivity contribution in [3.63, 3.8) is 0 Å². The van der Waals surface area contributed by atoms with E-state index >= 15 is 0 Å². The van der Waals surface area contributed by atoms with E-state index in [2.05, 4.69) is 59.3 Å². The van der Waals surface area contributed by atoms with Crippen molar-refractivity contribution in [3.05, 3.63) is 77.6 Å². The van der Waals surface area contributed by atoms with Crippen molar-refractivity contribution in [2.24, 2.45) is 0 Å². The first kappa shape index (κ1) is 16.7. The van der Waals surface area contributed by atoms with Crippen molar-refractivity contribution < 1.29 is 9.90 Å². The minimum absolute atomic E-state index is 0.0592. The van der Waals surface area contributed by atoms with Crippen LogP contribution in [0.1, 0.15) is 35.6 Å². The van der Waals surface area contributed by atoms with Crippen LogP contribution in [0.5, 0.6) is 0 Å². The van der Waals surface area contributed by atoms with E-state index < -0.39 is 12.0 Å². The summed E-state index contributed by atoms with van der Waals surface area (Å²) >= 11 is 0. The van der Waals surface area contributed by atoms with Crippen molar-refractivity contribution in [3.8, 4) is 0 Å². The highest BCUT2D eigenvalue weighted by atomic mass is 16.4. The predicted molar refractivity (Wildman–Crippen MR) is 102 cm³/mol. The maximum atomic E-state index is 11.8. The van der Waals surface area contributed by atoms with Crippen molar-refractivity contribution >= 4 is 16.7 Å². The fourth-order valence-electron chi connectivity index (χ4n) is 4.05. The fraction of sp³-hybridized carbons (Fsp3) is 0.273. The molecule has 2 atom stereocenters. The molecule has 2 heterocycles. The third-order valence-electron chi connectivity index (χ3n) is 5.25. The van der Waals surface area contributed by atoms with Gasteiger partial charge in [-0.05, 0) is 48.4 Å². The zero-order chi connectivity index (χ0) is 18.1. The van der Waals surface area contributed by atoms with Gasteiger partial charge in [0.15, 0.2) is 0 Å². The van der Waals surface area contributed by atoms with Crippen LogP contribution in [0.25, 0.3) is 10.8 Å². The van der Waals surface area contributed by atoms with Crippen LogP contribution in [0.15, 0.2) is 60.9 Å². The molecular formula is C22H22N2O2. The maximum absolute atomic E-state index is 11.8.